The Balaban J connectivity index is 1.74. The van der Waals surface area contributed by atoms with Crippen molar-refractivity contribution in [3.8, 4) is 0 Å². The molecule has 0 atom stereocenters. The summed E-state index contributed by atoms with van der Waals surface area (Å²) >= 11 is 1.48. The molecular formula is C22H21N5OS. The van der Waals surface area contributed by atoms with Gasteiger partial charge in [0.05, 0.1) is 5.52 Å². The van der Waals surface area contributed by atoms with E-state index < -0.39 is 0 Å². The van der Waals surface area contributed by atoms with Gasteiger partial charge in [-0.05, 0) is 31.5 Å². The minimum atomic E-state index is -0.117. The van der Waals surface area contributed by atoms with Crippen LogP contribution >= 0.6 is 11.3 Å². The van der Waals surface area contributed by atoms with Gasteiger partial charge < -0.3 is 5.32 Å². The molecule has 2 aromatic carbocycles. The molecule has 0 saturated carbocycles. The summed E-state index contributed by atoms with van der Waals surface area (Å²) in [5.41, 5.74) is 2.77. The Hall–Kier alpha value is -3.19. The number of fused-ring (bicyclic) bond motifs is 4. The van der Waals surface area contributed by atoms with E-state index in [2.05, 4.69) is 24.3 Å². The van der Waals surface area contributed by atoms with E-state index in [1.54, 1.807) is 0 Å². The van der Waals surface area contributed by atoms with E-state index in [9.17, 15) is 4.79 Å². The molecule has 0 aliphatic heterocycles. The van der Waals surface area contributed by atoms with Crippen molar-refractivity contribution in [1.82, 2.24) is 19.2 Å². The van der Waals surface area contributed by atoms with Gasteiger partial charge in [-0.3, -0.25) is 9.36 Å². The Kier molecular flexibility index (Phi) is 4.32. The first-order valence-electron chi connectivity index (χ1n) is 9.80. The summed E-state index contributed by atoms with van der Waals surface area (Å²) < 4.78 is 5.16. The van der Waals surface area contributed by atoms with Gasteiger partial charge in [-0.25, -0.2) is 4.98 Å². The Morgan fingerprint density at radius 2 is 1.90 bits per heavy atom. The highest BCUT2D eigenvalue weighted by atomic mass is 32.1. The first kappa shape index (κ1) is 17.9. The number of hydrogen-bond donors (Lipinski definition) is 1. The van der Waals surface area contributed by atoms with E-state index in [0.29, 0.717) is 16.4 Å². The molecule has 7 heteroatoms. The number of thiophene rings is 1. The predicted molar refractivity (Wildman–Crippen MR) is 120 cm³/mol. The topological polar surface area (TPSA) is 64.2 Å². The number of unbranched alkanes of at least 4 members (excludes halogenated alkanes) is 1. The van der Waals surface area contributed by atoms with Crippen LogP contribution in [0.2, 0.25) is 0 Å². The van der Waals surface area contributed by atoms with Gasteiger partial charge >= 0.3 is 0 Å². The molecule has 0 fully saturated rings. The van der Waals surface area contributed by atoms with Gasteiger partial charge in [0, 0.05) is 22.3 Å². The lowest BCUT2D eigenvalue weighted by atomic mass is 10.2. The third-order valence-electron chi connectivity index (χ3n) is 5.09. The maximum Gasteiger partial charge on any atom is 0.293 e. The highest BCUT2D eigenvalue weighted by molar-refractivity contribution is 7.25. The number of nitrogens with zero attached hydrogens (tertiary/aromatic N) is 4. The Labute approximate surface area is 171 Å². The Bertz CT molecular complexity index is 1390. The first-order valence-corrected chi connectivity index (χ1v) is 10.6. The largest absolute Gasteiger partial charge is 0.324 e. The summed E-state index contributed by atoms with van der Waals surface area (Å²) in [5, 5.41) is 8.99. The van der Waals surface area contributed by atoms with Gasteiger partial charge in [-0.1, -0.05) is 49.2 Å². The van der Waals surface area contributed by atoms with Crippen LogP contribution in [0.4, 0.5) is 11.6 Å². The summed E-state index contributed by atoms with van der Waals surface area (Å²) in [6.45, 7) is 4.95. The summed E-state index contributed by atoms with van der Waals surface area (Å²) in [6, 6.07) is 16.1. The van der Waals surface area contributed by atoms with Crippen molar-refractivity contribution in [2.24, 2.45) is 0 Å². The van der Waals surface area contributed by atoms with Crippen LogP contribution in [-0.2, 0) is 6.54 Å². The fourth-order valence-corrected chi connectivity index (χ4v) is 4.58. The van der Waals surface area contributed by atoms with E-state index in [1.807, 2.05) is 53.1 Å². The van der Waals surface area contributed by atoms with Crippen LogP contribution in [-0.4, -0.2) is 19.2 Å². The summed E-state index contributed by atoms with van der Waals surface area (Å²) in [7, 11) is 0. The summed E-state index contributed by atoms with van der Waals surface area (Å²) in [6.07, 6.45) is 2.02. The maximum atomic E-state index is 13.2. The van der Waals surface area contributed by atoms with E-state index in [1.165, 1.54) is 21.4 Å². The fraction of sp³-hybridized carbons (Fsp3) is 0.227. The zero-order valence-corrected chi connectivity index (χ0v) is 17.2. The molecular weight excluding hydrogens is 382 g/mol. The van der Waals surface area contributed by atoms with E-state index in [4.69, 9.17) is 4.98 Å². The Morgan fingerprint density at radius 3 is 2.69 bits per heavy atom. The number of aromatic nitrogens is 4. The molecule has 0 unspecified atom stereocenters. The number of rotatable bonds is 5. The van der Waals surface area contributed by atoms with Crippen LogP contribution < -0.4 is 10.9 Å². The molecule has 0 radical (unpaired) electrons. The molecule has 6 nitrogen and oxygen atoms in total. The Morgan fingerprint density at radius 1 is 1.10 bits per heavy atom. The van der Waals surface area contributed by atoms with Crippen molar-refractivity contribution in [3.63, 3.8) is 0 Å². The fourth-order valence-electron chi connectivity index (χ4n) is 3.51. The van der Waals surface area contributed by atoms with Crippen LogP contribution in [0, 0.1) is 6.92 Å². The SMILES string of the molecule is CCCCn1c(Nc2ccc(C)cc2)nn2c(=O)c3sc4ccccc4c3nc12. The van der Waals surface area contributed by atoms with Gasteiger partial charge in [-0.2, -0.15) is 4.52 Å². The number of benzene rings is 2. The molecule has 0 spiro atoms. The van der Waals surface area contributed by atoms with Gasteiger partial charge in [0.2, 0.25) is 11.7 Å². The van der Waals surface area contributed by atoms with Crippen molar-refractivity contribution in [3.05, 3.63) is 64.4 Å². The van der Waals surface area contributed by atoms with Crippen LogP contribution in [0.5, 0.6) is 0 Å². The minimum absolute atomic E-state index is 0.117. The second-order valence-electron chi connectivity index (χ2n) is 7.22. The minimum Gasteiger partial charge on any atom is -0.324 e. The zero-order chi connectivity index (χ0) is 20.0. The molecule has 5 rings (SSSR count). The molecule has 146 valence electrons. The smallest absolute Gasteiger partial charge is 0.293 e. The predicted octanol–water partition coefficient (Wildman–Crippen LogP) is 5.11. The van der Waals surface area contributed by atoms with E-state index in [-0.39, 0.29) is 5.56 Å². The lowest BCUT2D eigenvalue weighted by Gasteiger charge is -2.09. The van der Waals surface area contributed by atoms with Crippen molar-refractivity contribution in [1.29, 1.82) is 0 Å². The van der Waals surface area contributed by atoms with Crippen molar-refractivity contribution in [2.75, 3.05) is 5.32 Å². The molecule has 1 N–H and O–H groups in total. The molecule has 3 heterocycles. The molecule has 0 aliphatic rings. The number of anilines is 2. The van der Waals surface area contributed by atoms with Gasteiger partial charge in [0.15, 0.2) is 0 Å². The van der Waals surface area contributed by atoms with Crippen molar-refractivity contribution in [2.45, 2.75) is 33.2 Å². The molecule has 0 bridgehead atoms. The molecule has 0 saturated heterocycles. The molecule has 5 aromatic rings. The lowest BCUT2D eigenvalue weighted by molar-refractivity contribution is 0.646. The lowest BCUT2D eigenvalue weighted by Crippen LogP contribution is -2.15. The third-order valence-corrected chi connectivity index (χ3v) is 6.24. The average molecular weight is 404 g/mol. The van der Waals surface area contributed by atoms with Crippen molar-refractivity contribution >= 4 is 49.1 Å². The van der Waals surface area contributed by atoms with Crippen LogP contribution in [0.3, 0.4) is 0 Å². The van der Waals surface area contributed by atoms with Gasteiger partial charge in [0.25, 0.3) is 5.56 Å². The second kappa shape index (κ2) is 7.00. The molecule has 0 aliphatic carbocycles. The van der Waals surface area contributed by atoms with Crippen LogP contribution in [0.25, 0.3) is 26.1 Å². The molecule has 0 amide bonds. The monoisotopic (exact) mass is 403 g/mol. The third kappa shape index (κ3) is 2.98. The molecule has 3 aromatic heterocycles. The van der Waals surface area contributed by atoms with Crippen molar-refractivity contribution < 1.29 is 0 Å². The van der Waals surface area contributed by atoms with E-state index in [0.717, 1.165) is 40.7 Å². The number of aryl methyl sites for hydroxylation is 2. The quantitative estimate of drug-likeness (QED) is 0.443. The van der Waals surface area contributed by atoms with Gasteiger partial charge in [-0.15, -0.1) is 16.4 Å². The number of nitrogens with one attached hydrogen (secondary N) is 1. The maximum absolute atomic E-state index is 13.2. The highest BCUT2D eigenvalue weighted by Gasteiger charge is 2.18. The number of hydrogen-bond acceptors (Lipinski definition) is 5. The van der Waals surface area contributed by atoms with Gasteiger partial charge in [0.1, 0.15) is 4.70 Å². The second-order valence-corrected chi connectivity index (χ2v) is 8.28. The molecule has 29 heavy (non-hydrogen) atoms. The summed E-state index contributed by atoms with van der Waals surface area (Å²) in [4.78, 5) is 18.1. The zero-order valence-electron chi connectivity index (χ0n) is 16.3. The van der Waals surface area contributed by atoms with E-state index >= 15 is 0 Å². The first-order chi connectivity index (χ1) is 14.2. The standard InChI is InChI=1S/C22H21N5OS/c1-3-4-13-26-21(23-15-11-9-14(2)10-12-15)25-27-20(28)19-18(24-22(26)27)16-7-5-6-8-17(16)29-19/h5-12H,3-4,13H2,1-2H3,(H,23,25). The van der Waals surface area contributed by atoms with Crippen LogP contribution in [0.15, 0.2) is 53.3 Å². The summed E-state index contributed by atoms with van der Waals surface area (Å²) in [5.74, 6) is 1.21. The van der Waals surface area contributed by atoms with Crippen LogP contribution in [0.1, 0.15) is 25.3 Å². The average Bonchev–Trinajstić information content (AvgIpc) is 3.27. The normalized spacial score (nSPS) is 11.7. The highest BCUT2D eigenvalue weighted by Crippen LogP contribution is 2.31.